The Morgan fingerprint density at radius 3 is 2.88 bits per heavy atom. The summed E-state index contributed by atoms with van der Waals surface area (Å²) in [5.41, 5.74) is 0.204. The number of nitrogens with zero attached hydrogens (tertiary/aromatic N) is 2. The summed E-state index contributed by atoms with van der Waals surface area (Å²) in [6.45, 7) is 3.48. The molecule has 3 rings (SSSR count). The first-order valence-electron chi connectivity index (χ1n) is 7.52. The molecule has 0 aliphatic rings. The van der Waals surface area contributed by atoms with Crippen molar-refractivity contribution in [3.05, 3.63) is 62.6 Å². The number of rotatable bonds is 4. The van der Waals surface area contributed by atoms with Gasteiger partial charge in [0.1, 0.15) is 28.9 Å². The van der Waals surface area contributed by atoms with Crippen molar-refractivity contribution in [1.29, 1.82) is 0 Å². The third-order valence-electron chi connectivity index (χ3n) is 3.69. The van der Waals surface area contributed by atoms with Crippen LogP contribution in [0.1, 0.15) is 28.6 Å². The zero-order valence-corrected chi connectivity index (χ0v) is 14.3. The van der Waals surface area contributed by atoms with Gasteiger partial charge in [0.05, 0.1) is 13.2 Å². The molecule has 1 aromatic carbocycles. The van der Waals surface area contributed by atoms with Gasteiger partial charge in [-0.1, -0.05) is 17.7 Å². The van der Waals surface area contributed by atoms with Crippen LogP contribution in [-0.4, -0.2) is 22.1 Å². The Morgan fingerprint density at radius 2 is 2.20 bits per heavy atom. The van der Waals surface area contributed by atoms with Crippen LogP contribution in [0.5, 0.6) is 0 Å². The first-order valence-corrected chi connectivity index (χ1v) is 7.89. The maximum atomic E-state index is 13.2. The smallest absolute Gasteiger partial charge is 0.342 e. The molecule has 0 N–H and O–H groups in total. The molecule has 0 bridgehead atoms. The number of benzene rings is 1. The van der Waals surface area contributed by atoms with Crippen molar-refractivity contribution in [2.45, 2.75) is 20.4 Å². The molecule has 2 heterocycles. The predicted octanol–water partition coefficient (Wildman–Crippen LogP) is 3.32. The van der Waals surface area contributed by atoms with E-state index >= 15 is 0 Å². The third kappa shape index (κ3) is 3.15. The van der Waals surface area contributed by atoms with Crippen molar-refractivity contribution in [2.75, 3.05) is 6.61 Å². The van der Waals surface area contributed by atoms with Crippen LogP contribution in [0.25, 0.3) is 11.1 Å². The van der Waals surface area contributed by atoms with Gasteiger partial charge in [-0.15, -0.1) is 0 Å². The fourth-order valence-electron chi connectivity index (χ4n) is 2.53. The molecular weight excluding hydrogens is 351 g/mol. The number of esters is 1. The van der Waals surface area contributed by atoms with E-state index in [9.17, 15) is 14.0 Å². The Labute approximate surface area is 146 Å². The van der Waals surface area contributed by atoms with E-state index in [0.29, 0.717) is 5.56 Å². The highest BCUT2D eigenvalue weighted by Crippen LogP contribution is 2.22. The second-order valence-electron chi connectivity index (χ2n) is 5.35. The van der Waals surface area contributed by atoms with Crippen molar-refractivity contribution in [3.8, 4) is 0 Å². The minimum Gasteiger partial charge on any atom is -0.462 e. The van der Waals surface area contributed by atoms with Crippen LogP contribution in [0, 0.1) is 12.7 Å². The Bertz CT molecular complexity index is 1030. The molecule has 0 fully saturated rings. The normalized spacial score (nSPS) is 11.0. The Balaban J connectivity index is 2.12. The Kier molecular flexibility index (Phi) is 4.59. The van der Waals surface area contributed by atoms with Gasteiger partial charge in [-0.25, -0.2) is 14.2 Å². The van der Waals surface area contributed by atoms with Gasteiger partial charge >= 0.3 is 5.97 Å². The highest BCUT2D eigenvalue weighted by Gasteiger charge is 2.24. The van der Waals surface area contributed by atoms with Gasteiger partial charge in [0.25, 0.3) is 5.56 Å². The van der Waals surface area contributed by atoms with Gasteiger partial charge in [-0.05, 0) is 31.5 Å². The molecule has 0 unspecified atom stereocenters. The molecule has 3 aromatic rings. The van der Waals surface area contributed by atoms with Crippen LogP contribution in [-0.2, 0) is 11.3 Å². The molecule has 0 atom stereocenters. The van der Waals surface area contributed by atoms with Crippen LogP contribution in [0.3, 0.4) is 0 Å². The molecular formula is C17H14ClFN2O4. The summed E-state index contributed by atoms with van der Waals surface area (Å²) < 4.78 is 24.8. The Hall–Kier alpha value is -2.67. The lowest BCUT2D eigenvalue weighted by Crippen LogP contribution is -2.22. The summed E-state index contributed by atoms with van der Waals surface area (Å²) in [5, 5.41) is 0.248. The van der Waals surface area contributed by atoms with Gasteiger partial charge < -0.3 is 9.15 Å². The largest absolute Gasteiger partial charge is 0.462 e. The minimum absolute atomic E-state index is 0.0525. The molecule has 8 heteroatoms. The van der Waals surface area contributed by atoms with E-state index in [2.05, 4.69) is 4.98 Å². The van der Waals surface area contributed by atoms with Crippen LogP contribution in [0.4, 0.5) is 4.39 Å². The minimum atomic E-state index is -0.643. The predicted molar refractivity (Wildman–Crippen MR) is 89.5 cm³/mol. The zero-order valence-electron chi connectivity index (χ0n) is 13.5. The molecule has 0 aliphatic heterocycles. The summed E-state index contributed by atoms with van der Waals surface area (Å²) >= 11 is 6.01. The van der Waals surface area contributed by atoms with Crippen molar-refractivity contribution in [1.82, 2.24) is 9.55 Å². The van der Waals surface area contributed by atoms with Gasteiger partial charge in [-0.3, -0.25) is 9.36 Å². The standard InChI is InChI=1S/C17H14ClFN2O4/c1-3-24-17(23)13-9(2)25-15-14(13)16(22)21(8-20-15)7-10-4-5-11(19)6-12(10)18/h4-6,8H,3,7H2,1-2H3. The van der Waals surface area contributed by atoms with E-state index in [1.54, 1.807) is 13.8 Å². The number of aromatic nitrogens is 2. The monoisotopic (exact) mass is 364 g/mol. The van der Waals surface area contributed by atoms with E-state index < -0.39 is 17.3 Å². The van der Waals surface area contributed by atoms with E-state index in [1.807, 2.05) is 0 Å². The lowest BCUT2D eigenvalue weighted by Gasteiger charge is -2.07. The number of fused-ring (bicyclic) bond motifs is 1. The van der Waals surface area contributed by atoms with Crippen LogP contribution in [0.2, 0.25) is 5.02 Å². The number of furan rings is 1. The molecule has 0 spiro atoms. The first kappa shape index (κ1) is 17.2. The second-order valence-corrected chi connectivity index (χ2v) is 5.75. The maximum Gasteiger partial charge on any atom is 0.342 e. The lowest BCUT2D eigenvalue weighted by atomic mass is 10.2. The first-order chi connectivity index (χ1) is 11.9. The fraction of sp³-hybridized carbons (Fsp3) is 0.235. The lowest BCUT2D eigenvalue weighted by molar-refractivity contribution is 0.0526. The number of hydrogen-bond acceptors (Lipinski definition) is 5. The number of hydrogen-bond donors (Lipinski definition) is 0. The number of halogens is 2. The topological polar surface area (TPSA) is 74.3 Å². The quantitative estimate of drug-likeness (QED) is 0.664. The molecule has 0 radical (unpaired) electrons. The number of carbonyl (C=O) groups excluding carboxylic acids is 1. The van der Waals surface area contributed by atoms with Gasteiger partial charge in [0.2, 0.25) is 5.71 Å². The number of carbonyl (C=O) groups is 1. The molecule has 2 aromatic heterocycles. The highest BCUT2D eigenvalue weighted by molar-refractivity contribution is 6.31. The summed E-state index contributed by atoms with van der Waals surface area (Å²) in [7, 11) is 0. The summed E-state index contributed by atoms with van der Waals surface area (Å²) in [6.07, 6.45) is 1.29. The van der Waals surface area contributed by atoms with Crippen molar-refractivity contribution >= 4 is 28.7 Å². The average molecular weight is 365 g/mol. The molecule has 0 saturated carbocycles. The second kappa shape index (κ2) is 6.68. The highest BCUT2D eigenvalue weighted by atomic mass is 35.5. The Morgan fingerprint density at radius 1 is 1.44 bits per heavy atom. The van der Waals surface area contributed by atoms with Gasteiger partial charge in [-0.2, -0.15) is 0 Å². The van der Waals surface area contributed by atoms with Crippen molar-refractivity contribution in [3.63, 3.8) is 0 Å². The van der Waals surface area contributed by atoms with E-state index in [0.717, 1.165) is 0 Å². The summed E-state index contributed by atoms with van der Waals surface area (Å²) in [5.74, 6) is -0.851. The summed E-state index contributed by atoms with van der Waals surface area (Å²) in [4.78, 5) is 29.0. The van der Waals surface area contributed by atoms with E-state index in [4.69, 9.17) is 20.8 Å². The average Bonchev–Trinajstić information content (AvgIpc) is 2.89. The molecule has 0 amide bonds. The fourth-order valence-corrected chi connectivity index (χ4v) is 2.76. The summed E-state index contributed by atoms with van der Waals surface area (Å²) in [6, 6.07) is 3.91. The van der Waals surface area contributed by atoms with Crippen LogP contribution >= 0.6 is 11.6 Å². The molecule has 6 nitrogen and oxygen atoms in total. The third-order valence-corrected chi connectivity index (χ3v) is 4.04. The SMILES string of the molecule is CCOC(=O)c1c(C)oc2ncn(Cc3ccc(F)cc3Cl)c(=O)c12. The zero-order chi connectivity index (χ0) is 18.1. The number of ether oxygens (including phenoxy) is 1. The van der Waals surface area contributed by atoms with Gasteiger partial charge in [0.15, 0.2) is 0 Å². The van der Waals surface area contributed by atoms with E-state index in [-0.39, 0.29) is 40.6 Å². The molecule has 0 aliphatic carbocycles. The molecule has 0 saturated heterocycles. The van der Waals surface area contributed by atoms with Crippen molar-refractivity contribution in [2.24, 2.45) is 0 Å². The van der Waals surface area contributed by atoms with Gasteiger partial charge in [0, 0.05) is 5.02 Å². The van der Waals surface area contributed by atoms with Crippen LogP contribution in [0.15, 0.2) is 33.7 Å². The molecule has 25 heavy (non-hydrogen) atoms. The number of aryl methyl sites for hydroxylation is 1. The molecule has 130 valence electrons. The van der Waals surface area contributed by atoms with E-state index in [1.165, 1.54) is 29.1 Å². The van der Waals surface area contributed by atoms with Crippen molar-refractivity contribution < 1.29 is 18.3 Å². The van der Waals surface area contributed by atoms with Crippen LogP contribution < -0.4 is 5.56 Å². The maximum absolute atomic E-state index is 13.2.